The summed E-state index contributed by atoms with van der Waals surface area (Å²) >= 11 is 1.39. The Morgan fingerprint density at radius 1 is 1.06 bits per heavy atom. The lowest BCUT2D eigenvalue weighted by molar-refractivity contribution is 0.0996. The van der Waals surface area contributed by atoms with Gasteiger partial charge in [-0.2, -0.15) is 4.99 Å². The normalized spacial score (nSPS) is 12.1. The molecule has 36 heavy (non-hydrogen) atoms. The Balaban J connectivity index is 1.59. The Bertz CT molecular complexity index is 1540. The Hall–Kier alpha value is -3.47. The lowest BCUT2D eigenvalue weighted by Crippen LogP contribution is -2.19. The van der Waals surface area contributed by atoms with Crippen LogP contribution in [0.1, 0.15) is 22.8 Å². The third-order valence-electron chi connectivity index (χ3n) is 5.47. The van der Waals surface area contributed by atoms with Gasteiger partial charge in [-0.05, 0) is 68.4 Å². The zero-order valence-corrected chi connectivity index (χ0v) is 21.9. The quantitative estimate of drug-likeness (QED) is 0.322. The molecule has 1 N–H and O–H groups in total. The molecule has 0 aliphatic heterocycles. The highest BCUT2D eigenvalue weighted by molar-refractivity contribution is 7.92. The SMILES string of the molecule is CCOCCn1c(=NC(=O)c2ccc(NS(=O)(=O)c3ccc(C)cc3)cc2)sc2cc(OC)ccc21. The van der Waals surface area contributed by atoms with Crippen molar-refractivity contribution >= 4 is 43.2 Å². The van der Waals surface area contributed by atoms with Gasteiger partial charge in [0.15, 0.2) is 4.80 Å². The minimum atomic E-state index is -3.73. The highest BCUT2D eigenvalue weighted by Crippen LogP contribution is 2.23. The second kappa shape index (κ2) is 11.1. The van der Waals surface area contributed by atoms with Gasteiger partial charge in [-0.1, -0.05) is 29.0 Å². The molecule has 4 aromatic rings. The summed E-state index contributed by atoms with van der Waals surface area (Å²) in [5.74, 6) is 0.300. The molecule has 0 saturated carbocycles. The van der Waals surface area contributed by atoms with Gasteiger partial charge < -0.3 is 14.0 Å². The number of nitrogens with one attached hydrogen (secondary N) is 1. The van der Waals surface area contributed by atoms with Gasteiger partial charge in [-0.15, -0.1) is 0 Å². The standard InChI is InChI=1S/C26H27N3O5S2/c1-4-34-16-15-29-23-14-11-21(33-3)17-24(23)35-26(29)27-25(30)19-7-9-20(10-8-19)28-36(31,32)22-12-5-18(2)6-13-22/h5-14,17,28H,4,15-16H2,1-3H3. The number of rotatable bonds is 9. The average Bonchev–Trinajstić information content (AvgIpc) is 3.20. The predicted molar refractivity (Wildman–Crippen MR) is 141 cm³/mol. The van der Waals surface area contributed by atoms with E-state index in [0.717, 1.165) is 21.5 Å². The maximum atomic E-state index is 13.0. The first-order chi connectivity index (χ1) is 17.3. The Morgan fingerprint density at radius 2 is 1.78 bits per heavy atom. The molecular weight excluding hydrogens is 498 g/mol. The molecule has 0 atom stereocenters. The summed E-state index contributed by atoms with van der Waals surface area (Å²) in [6.07, 6.45) is 0. The molecule has 8 nitrogen and oxygen atoms in total. The number of ether oxygens (including phenoxy) is 2. The summed E-state index contributed by atoms with van der Waals surface area (Å²) in [6, 6.07) is 18.5. The van der Waals surface area contributed by atoms with Crippen molar-refractivity contribution in [1.29, 1.82) is 0 Å². The topological polar surface area (TPSA) is 99.0 Å². The predicted octanol–water partition coefficient (Wildman–Crippen LogP) is 4.60. The highest BCUT2D eigenvalue weighted by Gasteiger charge is 2.15. The third kappa shape index (κ3) is 5.84. The van der Waals surface area contributed by atoms with E-state index in [2.05, 4.69) is 9.71 Å². The van der Waals surface area contributed by atoms with Gasteiger partial charge in [0.25, 0.3) is 15.9 Å². The smallest absolute Gasteiger partial charge is 0.279 e. The maximum Gasteiger partial charge on any atom is 0.279 e. The molecule has 0 bridgehead atoms. The Morgan fingerprint density at radius 3 is 2.44 bits per heavy atom. The van der Waals surface area contributed by atoms with E-state index >= 15 is 0 Å². The van der Waals surface area contributed by atoms with Crippen LogP contribution in [0.3, 0.4) is 0 Å². The largest absolute Gasteiger partial charge is 0.497 e. The molecule has 0 radical (unpaired) electrons. The fourth-order valence-corrected chi connectivity index (χ4v) is 5.69. The fraction of sp³-hybridized carbons (Fsp3) is 0.231. The number of carbonyl (C=O) groups is 1. The number of hydrogen-bond donors (Lipinski definition) is 1. The van der Waals surface area contributed by atoms with Crippen LogP contribution in [-0.2, 0) is 21.3 Å². The molecule has 0 spiro atoms. The lowest BCUT2D eigenvalue weighted by Gasteiger charge is -2.08. The van der Waals surface area contributed by atoms with Crippen LogP contribution < -0.4 is 14.3 Å². The number of thiazole rings is 1. The number of anilines is 1. The molecule has 188 valence electrons. The van der Waals surface area contributed by atoms with E-state index in [4.69, 9.17) is 9.47 Å². The van der Waals surface area contributed by atoms with Crippen molar-refractivity contribution in [2.75, 3.05) is 25.0 Å². The first kappa shape index (κ1) is 25.6. The average molecular weight is 526 g/mol. The number of fused-ring (bicyclic) bond motifs is 1. The van der Waals surface area contributed by atoms with Crippen molar-refractivity contribution in [2.45, 2.75) is 25.3 Å². The number of hydrogen-bond acceptors (Lipinski definition) is 6. The van der Waals surface area contributed by atoms with Crippen molar-refractivity contribution in [1.82, 2.24) is 4.57 Å². The van der Waals surface area contributed by atoms with E-state index in [-0.39, 0.29) is 4.90 Å². The highest BCUT2D eigenvalue weighted by atomic mass is 32.2. The lowest BCUT2D eigenvalue weighted by atomic mass is 10.2. The number of aromatic nitrogens is 1. The zero-order valence-electron chi connectivity index (χ0n) is 20.2. The fourth-order valence-electron chi connectivity index (χ4n) is 3.55. The molecule has 4 rings (SSSR count). The number of methoxy groups -OCH3 is 1. The summed E-state index contributed by atoms with van der Waals surface area (Å²) in [6.45, 7) is 5.46. The first-order valence-corrected chi connectivity index (χ1v) is 13.6. The second-order valence-electron chi connectivity index (χ2n) is 7.98. The van der Waals surface area contributed by atoms with Gasteiger partial charge >= 0.3 is 0 Å². The monoisotopic (exact) mass is 525 g/mol. The van der Waals surface area contributed by atoms with Crippen LogP contribution in [0.15, 0.2) is 76.6 Å². The van der Waals surface area contributed by atoms with Crippen LogP contribution in [0.2, 0.25) is 0 Å². The van der Waals surface area contributed by atoms with Crippen LogP contribution in [0.5, 0.6) is 5.75 Å². The molecule has 1 heterocycles. The molecule has 3 aromatic carbocycles. The van der Waals surface area contributed by atoms with E-state index in [0.29, 0.717) is 35.8 Å². The molecule has 0 saturated heterocycles. The summed E-state index contributed by atoms with van der Waals surface area (Å²) in [5.41, 5.74) is 2.61. The third-order valence-corrected chi connectivity index (χ3v) is 7.90. The molecule has 1 aromatic heterocycles. The number of benzene rings is 3. The van der Waals surface area contributed by atoms with E-state index in [9.17, 15) is 13.2 Å². The van der Waals surface area contributed by atoms with E-state index in [1.807, 2.05) is 36.6 Å². The van der Waals surface area contributed by atoms with Crippen LogP contribution >= 0.6 is 11.3 Å². The number of aryl methyl sites for hydroxylation is 1. The number of nitrogens with zero attached hydrogens (tertiary/aromatic N) is 2. The molecular formula is C26H27N3O5S2. The van der Waals surface area contributed by atoms with Crippen LogP contribution in [0, 0.1) is 6.92 Å². The molecule has 10 heteroatoms. The van der Waals surface area contributed by atoms with Gasteiger partial charge in [0.1, 0.15) is 5.75 Å². The van der Waals surface area contributed by atoms with Crippen LogP contribution in [0.25, 0.3) is 10.2 Å². The molecule has 1 amide bonds. The van der Waals surface area contributed by atoms with Gasteiger partial charge in [0.2, 0.25) is 0 Å². The molecule has 0 aliphatic rings. The summed E-state index contributed by atoms with van der Waals surface area (Å²) in [5, 5.41) is 0. The van der Waals surface area contributed by atoms with Crippen molar-refractivity contribution < 1.29 is 22.7 Å². The van der Waals surface area contributed by atoms with Gasteiger partial charge in [-0.25, -0.2) is 8.42 Å². The maximum absolute atomic E-state index is 13.0. The van der Waals surface area contributed by atoms with E-state index in [1.165, 1.54) is 11.3 Å². The zero-order chi connectivity index (χ0) is 25.7. The van der Waals surface area contributed by atoms with Crippen LogP contribution in [-0.4, -0.2) is 39.2 Å². The molecule has 0 unspecified atom stereocenters. The van der Waals surface area contributed by atoms with Crippen molar-refractivity contribution in [3.05, 3.63) is 82.7 Å². The number of sulfonamides is 1. The Kier molecular flexibility index (Phi) is 7.88. The first-order valence-electron chi connectivity index (χ1n) is 11.3. The Labute approximate surface area is 213 Å². The van der Waals surface area contributed by atoms with Crippen molar-refractivity contribution in [3.8, 4) is 5.75 Å². The number of amides is 1. The summed E-state index contributed by atoms with van der Waals surface area (Å²) in [4.78, 5) is 18.1. The van der Waals surface area contributed by atoms with E-state index < -0.39 is 15.9 Å². The van der Waals surface area contributed by atoms with Gasteiger partial charge in [-0.3, -0.25) is 9.52 Å². The van der Waals surface area contributed by atoms with E-state index in [1.54, 1.807) is 55.6 Å². The van der Waals surface area contributed by atoms with Crippen molar-refractivity contribution in [2.24, 2.45) is 4.99 Å². The molecule has 0 aliphatic carbocycles. The second-order valence-corrected chi connectivity index (χ2v) is 10.7. The summed E-state index contributed by atoms with van der Waals surface area (Å²) in [7, 11) is -2.12. The van der Waals surface area contributed by atoms with Gasteiger partial charge in [0.05, 0.1) is 28.8 Å². The van der Waals surface area contributed by atoms with Crippen molar-refractivity contribution in [3.63, 3.8) is 0 Å². The van der Waals surface area contributed by atoms with Gasteiger partial charge in [0, 0.05) is 24.4 Å². The number of carbonyl (C=O) groups excluding carboxylic acids is 1. The van der Waals surface area contributed by atoms with Crippen LogP contribution in [0.4, 0.5) is 5.69 Å². The minimum Gasteiger partial charge on any atom is -0.497 e. The minimum absolute atomic E-state index is 0.168. The summed E-state index contributed by atoms with van der Waals surface area (Å²) < 4.78 is 41.5. The molecule has 0 fully saturated rings.